The number of amides is 2. The van der Waals surface area contributed by atoms with E-state index >= 15 is 0 Å². The molecule has 7 nitrogen and oxygen atoms in total. The van der Waals surface area contributed by atoms with Crippen molar-refractivity contribution in [2.24, 2.45) is 5.92 Å². The molecule has 1 N–H and O–H groups in total. The molecule has 2 aromatic carbocycles. The van der Waals surface area contributed by atoms with Crippen LogP contribution in [0.4, 0.5) is 5.69 Å². The van der Waals surface area contributed by atoms with E-state index in [4.69, 9.17) is 0 Å². The second kappa shape index (κ2) is 11.8. The Hall–Kier alpha value is -2.87. The maximum absolute atomic E-state index is 13.4. The van der Waals surface area contributed by atoms with Crippen molar-refractivity contribution < 1.29 is 18.0 Å². The van der Waals surface area contributed by atoms with Crippen molar-refractivity contribution in [2.45, 2.75) is 40.2 Å². The molecule has 8 heteroatoms. The Balaban J connectivity index is 2.28. The van der Waals surface area contributed by atoms with Gasteiger partial charge in [0.2, 0.25) is 21.8 Å². The van der Waals surface area contributed by atoms with E-state index in [2.05, 4.69) is 5.32 Å². The lowest BCUT2D eigenvalue weighted by Gasteiger charge is -2.31. The van der Waals surface area contributed by atoms with Crippen molar-refractivity contribution in [3.8, 4) is 0 Å². The molecule has 0 spiro atoms. The highest BCUT2D eigenvalue weighted by atomic mass is 32.2. The summed E-state index contributed by atoms with van der Waals surface area (Å²) in [7, 11) is -3.71. The number of hydrogen-bond donors (Lipinski definition) is 1. The summed E-state index contributed by atoms with van der Waals surface area (Å²) in [5.41, 5.74) is 2.34. The quantitative estimate of drug-likeness (QED) is 0.544. The highest BCUT2D eigenvalue weighted by Crippen LogP contribution is 2.19. The lowest BCUT2D eigenvalue weighted by Crippen LogP contribution is -2.52. The van der Waals surface area contributed by atoms with E-state index in [-0.39, 0.29) is 18.4 Å². The Labute approximate surface area is 197 Å². The van der Waals surface area contributed by atoms with Gasteiger partial charge in [-0.3, -0.25) is 13.9 Å². The maximum Gasteiger partial charge on any atom is 0.244 e. The van der Waals surface area contributed by atoms with Gasteiger partial charge in [-0.25, -0.2) is 8.42 Å². The van der Waals surface area contributed by atoms with E-state index in [0.717, 1.165) is 21.7 Å². The van der Waals surface area contributed by atoms with Crippen molar-refractivity contribution in [1.29, 1.82) is 0 Å². The van der Waals surface area contributed by atoms with Gasteiger partial charge >= 0.3 is 0 Å². The fourth-order valence-corrected chi connectivity index (χ4v) is 4.26. The van der Waals surface area contributed by atoms with E-state index in [1.165, 1.54) is 4.90 Å². The van der Waals surface area contributed by atoms with Crippen LogP contribution in [0.5, 0.6) is 0 Å². The fraction of sp³-hybridized carbons (Fsp3) is 0.440. The lowest BCUT2D eigenvalue weighted by atomic mass is 10.1. The standard InChI is InChI=1S/C25H35N3O4S/c1-19(2)17-26-25(30)21(4)27(15-14-22-11-7-6-8-12-22)24(29)18-28(33(5,31)32)23-13-9-10-20(3)16-23/h6-13,16,19,21H,14-15,17-18H2,1-5H3,(H,26,30)/t21-/m0/s1. The molecule has 0 aromatic heterocycles. The van der Waals surface area contributed by atoms with Crippen LogP contribution in [0.1, 0.15) is 31.9 Å². The van der Waals surface area contributed by atoms with Gasteiger partial charge in [-0.2, -0.15) is 0 Å². The van der Waals surface area contributed by atoms with Crippen LogP contribution in [-0.2, 0) is 26.0 Å². The van der Waals surface area contributed by atoms with Crippen LogP contribution in [0, 0.1) is 12.8 Å². The molecule has 180 valence electrons. The zero-order valence-electron chi connectivity index (χ0n) is 20.1. The maximum atomic E-state index is 13.4. The summed E-state index contributed by atoms with van der Waals surface area (Å²) in [5, 5.41) is 2.87. The molecule has 0 saturated carbocycles. The Morgan fingerprint density at radius 3 is 2.24 bits per heavy atom. The van der Waals surface area contributed by atoms with Crippen LogP contribution in [0.3, 0.4) is 0 Å². The Morgan fingerprint density at radius 1 is 1.00 bits per heavy atom. The molecule has 0 fully saturated rings. The van der Waals surface area contributed by atoms with Gasteiger partial charge in [-0.1, -0.05) is 56.3 Å². The van der Waals surface area contributed by atoms with Gasteiger partial charge in [0.1, 0.15) is 12.6 Å². The predicted octanol–water partition coefficient (Wildman–Crippen LogP) is 2.99. The highest BCUT2D eigenvalue weighted by Gasteiger charge is 2.29. The van der Waals surface area contributed by atoms with Gasteiger partial charge < -0.3 is 10.2 Å². The minimum Gasteiger partial charge on any atom is -0.354 e. The van der Waals surface area contributed by atoms with Gasteiger partial charge in [0, 0.05) is 13.1 Å². The summed E-state index contributed by atoms with van der Waals surface area (Å²) in [6.07, 6.45) is 1.63. The minimum absolute atomic E-state index is 0.258. The first-order valence-corrected chi connectivity index (χ1v) is 13.0. The monoisotopic (exact) mass is 473 g/mol. The number of carbonyl (C=O) groups is 2. The van der Waals surface area contributed by atoms with E-state index < -0.39 is 22.0 Å². The van der Waals surface area contributed by atoms with Crippen LogP contribution >= 0.6 is 0 Å². The second-order valence-electron chi connectivity index (χ2n) is 8.75. The zero-order chi connectivity index (χ0) is 24.6. The first-order chi connectivity index (χ1) is 15.5. The van der Waals surface area contributed by atoms with Crippen LogP contribution < -0.4 is 9.62 Å². The molecule has 0 unspecified atom stereocenters. The summed E-state index contributed by atoms with van der Waals surface area (Å²) >= 11 is 0. The van der Waals surface area contributed by atoms with Crippen molar-refractivity contribution in [3.63, 3.8) is 0 Å². The van der Waals surface area contributed by atoms with Gasteiger partial charge in [0.25, 0.3) is 0 Å². The van der Waals surface area contributed by atoms with Gasteiger partial charge in [0.05, 0.1) is 11.9 Å². The molecular formula is C25H35N3O4S. The van der Waals surface area contributed by atoms with Crippen LogP contribution in [0.15, 0.2) is 54.6 Å². The Kier molecular flexibility index (Phi) is 9.46. The van der Waals surface area contributed by atoms with Crippen molar-refractivity contribution in [1.82, 2.24) is 10.2 Å². The van der Waals surface area contributed by atoms with Crippen LogP contribution in [-0.4, -0.2) is 57.1 Å². The number of nitrogens with one attached hydrogen (secondary N) is 1. The Bertz CT molecular complexity index is 1040. The minimum atomic E-state index is -3.71. The molecule has 2 aromatic rings. The van der Waals surface area contributed by atoms with E-state index in [0.29, 0.717) is 25.2 Å². The average Bonchev–Trinajstić information content (AvgIpc) is 2.75. The first kappa shape index (κ1) is 26.4. The van der Waals surface area contributed by atoms with Crippen LogP contribution in [0.2, 0.25) is 0 Å². The molecule has 0 aliphatic rings. The van der Waals surface area contributed by atoms with E-state index in [9.17, 15) is 18.0 Å². The highest BCUT2D eigenvalue weighted by molar-refractivity contribution is 7.92. The number of anilines is 1. The first-order valence-electron chi connectivity index (χ1n) is 11.1. The topological polar surface area (TPSA) is 86.8 Å². The molecule has 1 atom stereocenters. The molecule has 2 amide bonds. The largest absolute Gasteiger partial charge is 0.354 e. The molecule has 2 rings (SSSR count). The number of benzene rings is 2. The number of nitrogens with zero attached hydrogens (tertiary/aromatic N) is 2. The van der Waals surface area contributed by atoms with Crippen molar-refractivity contribution in [3.05, 3.63) is 65.7 Å². The smallest absolute Gasteiger partial charge is 0.244 e. The van der Waals surface area contributed by atoms with Gasteiger partial charge in [-0.05, 0) is 49.4 Å². The number of hydrogen-bond acceptors (Lipinski definition) is 4. The fourth-order valence-electron chi connectivity index (χ4n) is 3.42. The van der Waals surface area contributed by atoms with Crippen molar-refractivity contribution in [2.75, 3.05) is 30.2 Å². The molecule has 0 bridgehead atoms. The predicted molar refractivity (Wildman–Crippen MR) is 133 cm³/mol. The SMILES string of the molecule is Cc1cccc(N(CC(=O)N(CCc2ccccc2)[C@@H](C)C(=O)NCC(C)C)S(C)(=O)=O)c1. The van der Waals surface area contributed by atoms with Crippen LogP contribution in [0.25, 0.3) is 0 Å². The van der Waals surface area contributed by atoms with E-state index in [1.807, 2.05) is 57.2 Å². The van der Waals surface area contributed by atoms with Gasteiger partial charge in [0.15, 0.2) is 0 Å². The molecule has 0 saturated heterocycles. The third kappa shape index (κ3) is 8.20. The zero-order valence-corrected chi connectivity index (χ0v) is 20.9. The molecular weight excluding hydrogens is 438 g/mol. The summed E-state index contributed by atoms with van der Waals surface area (Å²) in [6.45, 7) is 7.95. The molecule has 33 heavy (non-hydrogen) atoms. The number of carbonyl (C=O) groups excluding carboxylic acids is 2. The molecule has 0 aliphatic carbocycles. The summed E-state index contributed by atoms with van der Waals surface area (Å²) < 4.78 is 26.2. The molecule has 0 radical (unpaired) electrons. The third-order valence-electron chi connectivity index (χ3n) is 5.30. The Morgan fingerprint density at radius 2 is 1.67 bits per heavy atom. The average molecular weight is 474 g/mol. The van der Waals surface area contributed by atoms with Crippen molar-refractivity contribution >= 4 is 27.5 Å². The number of aryl methyl sites for hydroxylation is 1. The molecule has 0 aliphatic heterocycles. The number of sulfonamides is 1. The summed E-state index contributed by atoms with van der Waals surface area (Å²) in [4.78, 5) is 27.6. The lowest BCUT2D eigenvalue weighted by molar-refractivity contribution is -0.138. The summed E-state index contributed by atoms with van der Waals surface area (Å²) in [5.74, 6) is -0.409. The second-order valence-corrected chi connectivity index (χ2v) is 10.7. The van der Waals surface area contributed by atoms with E-state index in [1.54, 1.807) is 25.1 Å². The normalized spacial score (nSPS) is 12.3. The summed E-state index contributed by atoms with van der Waals surface area (Å²) in [6, 6.07) is 15.9. The number of rotatable bonds is 11. The third-order valence-corrected chi connectivity index (χ3v) is 6.45. The molecule has 0 heterocycles. The van der Waals surface area contributed by atoms with Gasteiger partial charge in [-0.15, -0.1) is 0 Å².